The molecule has 3 rings (SSSR count). The van der Waals surface area contributed by atoms with Gasteiger partial charge in [0.1, 0.15) is 0 Å². The Hall–Kier alpha value is -4.01. The van der Waals surface area contributed by atoms with Gasteiger partial charge in [-0.15, -0.1) is 0 Å². The van der Waals surface area contributed by atoms with Crippen molar-refractivity contribution in [2.24, 2.45) is 0 Å². The zero-order chi connectivity index (χ0) is 22.4. The van der Waals surface area contributed by atoms with Gasteiger partial charge in [0.15, 0.2) is 12.3 Å². The Bertz CT molecular complexity index is 1180. The Morgan fingerprint density at radius 1 is 0.968 bits per heavy atom. The molecule has 0 fully saturated rings. The summed E-state index contributed by atoms with van der Waals surface area (Å²) in [6, 6.07) is 13.1. The number of fused-ring (bicyclic) bond motifs is 1. The lowest BCUT2D eigenvalue weighted by molar-refractivity contribution is -0.119. The Labute approximate surface area is 178 Å². The molecule has 160 valence electrons. The first kappa shape index (κ1) is 21.7. The van der Waals surface area contributed by atoms with Crippen LogP contribution >= 0.6 is 0 Å². The molecule has 0 saturated carbocycles. The van der Waals surface area contributed by atoms with E-state index in [1.807, 2.05) is 6.92 Å². The molecular formula is C22H22N4O5. The molecule has 1 heterocycles. The molecular weight excluding hydrogens is 400 g/mol. The number of benzene rings is 2. The van der Waals surface area contributed by atoms with Crippen molar-refractivity contribution in [3.05, 3.63) is 64.6 Å². The quantitative estimate of drug-likeness (QED) is 0.565. The van der Waals surface area contributed by atoms with E-state index in [-0.39, 0.29) is 17.2 Å². The lowest BCUT2D eigenvalue weighted by atomic mass is 10.1. The van der Waals surface area contributed by atoms with Gasteiger partial charge in [-0.05, 0) is 36.8 Å². The lowest BCUT2D eigenvalue weighted by Crippen LogP contribution is -2.27. The standard InChI is InChI=1S/C22H22N4O5/c1-3-12-26-21(29)18-7-5-4-6-17(18)20(25-26)22(30)31-13-19(28)24-16-10-8-15(9-11-16)23-14(2)27/h4-11H,3,12-13H2,1-2H3,(H,23,27)(H,24,28). The van der Waals surface area contributed by atoms with Crippen LogP contribution in [-0.2, 0) is 20.9 Å². The molecule has 2 N–H and O–H groups in total. The van der Waals surface area contributed by atoms with Crippen molar-refractivity contribution >= 4 is 39.9 Å². The maximum absolute atomic E-state index is 12.6. The number of carbonyl (C=O) groups is 3. The fourth-order valence-corrected chi connectivity index (χ4v) is 2.99. The maximum atomic E-state index is 12.6. The van der Waals surface area contributed by atoms with E-state index in [1.165, 1.54) is 11.6 Å². The van der Waals surface area contributed by atoms with Gasteiger partial charge in [0.2, 0.25) is 5.91 Å². The maximum Gasteiger partial charge on any atom is 0.359 e. The van der Waals surface area contributed by atoms with Crippen molar-refractivity contribution in [3.8, 4) is 0 Å². The van der Waals surface area contributed by atoms with Crippen LogP contribution in [0.3, 0.4) is 0 Å². The average molecular weight is 422 g/mol. The van der Waals surface area contributed by atoms with Crippen molar-refractivity contribution in [1.82, 2.24) is 9.78 Å². The second kappa shape index (κ2) is 9.66. The van der Waals surface area contributed by atoms with Crippen LogP contribution in [0.4, 0.5) is 11.4 Å². The topological polar surface area (TPSA) is 119 Å². The number of aryl methyl sites for hydroxylation is 1. The normalized spacial score (nSPS) is 10.5. The molecule has 2 amide bonds. The lowest BCUT2D eigenvalue weighted by Gasteiger charge is -2.11. The number of aromatic nitrogens is 2. The van der Waals surface area contributed by atoms with Crippen LogP contribution in [0.1, 0.15) is 30.8 Å². The third kappa shape index (κ3) is 5.33. The first-order chi connectivity index (χ1) is 14.9. The number of rotatable bonds is 7. The van der Waals surface area contributed by atoms with E-state index in [0.717, 1.165) is 0 Å². The molecule has 0 aliphatic heterocycles. The Balaban J connectivity index is 1.70. The largest absolute Gasteiger partial charge is 0.451 e. The molecule has 3 aromatic rings. The molecule has 0 bridgehead atoms. The molecule has 0 unspecified atom stereocenters. The number of hydrogen-bond acceptors (Lipinski definition) is 6. The molecule has 9 heteroatoms. The number of ether oxygens (including phenoxy) is 1. The summed E-state index contributed by atoms with van der Waals surface area (Å²) >= 11 is 0. The summed E-state index contributed by atoms with van der Waals surface area (Å²) in [7, 11) is 0. The Morgan fingerprint density at radius 3 is 2.19 bits per heavy atom. The second-order valence-corrected chi connectivity index (χ2v) is 6.81. The number of amides is 2. The van der Waals surface area contributed by atoms with Crippen molar-refractivity contribution in [2.75, 3.05) is 17.2 Å². The van der Waals surface area contributed by atoms with Crippen LogP contribution in [0.2, 0.25) is 0 Å². The number of nitrogens with one attached hydrogen (secondary N) is 2. The summed E-state index contributed by atoms with van der Waals surface area (Å²) in [5.41, 5.74) is 0.776. The van der Waals surface area contributed by atoms with Crippen molar-refractivity contribution in [1.29, 1.82) is 0 Å². The van der Waals surface area contributed by atoms with Gasteiger partial charge in [-0.3, -0.25) is 14.4 Å². The fraction of sp³-hybridized carbons (Fsp3) is 0.227. The van der Waals surface area contributed by atoms with Gasteiger partial charge in [0.25, 0.3) is 11.5 Å². The van der Waals surface area contributed by atoms with Crippen LogP contribution in [0.25, 0.3) is 10.8 Å². The molecule has 2 aromatic carbocycles. The van der Waals surface area contributed by atoms with Gasteiger partial charge in [0.05, 0.1) is 5.39 Å². The summed E-state index contributed by atoms with van der Waals surface area (Å²) in [6.07, 6.45) is 0.670. The van der Waals surface area contributed by atoms with Crippen LogP contribution < -0.4 is 16.2 Å². The predicted molar refractivity (Wildman–Crippen MR) is 116 cm³/mol. The van der Waals surface area contributed by atoms with Crippen molar-refractivity contribution < 1.29 is 19.1 Å². The summed E-state index contributed by atoms with van der Waals surface area (Å²) in [4.78, 5) is 48.3. The number of carbonyl (C=O) groups excluding carboxylic acids is 3. The zero-order valence-corrected chi connectivity index (χ0v) is 17.2. The van der Waals surface area contributed by atoms with Gasteiger partial charge >= 0.3 is 5.97 Å². The van der Waals surface area contributed by atoms with E-state index in [9.17, 15) is 19.2 Å². The minimum atomic E-state index is -0.794. The van der Waals surface area contributed by atoms with Crippen molar-refractivity contribution in [3.63, 3.8) is 0 Å². The highest BCUT2D eigenvalue weighted by atomic mass is 16.5. The number of anilines is 2. The first-order valence-corrected chi connectivity index (χ1v) is 9.73. The van der Waals surface area contributed by atoms with Gasteiger partial charge in [-0.1, -0.05) is 25.1 Å². The van der Waals surface area contributed by atoms with Crippen LogP contribution in [0.5, 0.6) is 0 Å². The van der Waals surface area contributed by atoms with Crippen LogP contribution in [-0.4, -0.2) is 34.2 Å². The monoisotopic (exact) mass is 422 g/mol. The minimum Gasteiger partial charge on any atom is -0.451 e. The molecule has 9 nitrogen and oxygen atoms in total. The Kier molecular flexibility index (Phi) is 6.76. The molecule has 31 heavy (non-hydrogen) atoms. The minimum absolute atomic E-state index is 0.0175. The zero-order valence-electron chi connectivity index (χ0n) is 17.2. The van der Waals surface area contributed by atoms with Gasteiger partial charge in [-0.2, -0.15) is 5.10 Å². The fourth-order valence-electron chi connectivity index (χ4n) is 2.99. The predicted octanol–water partition coefficient (Wildman–Crippen LogP) is 2.56. The number of nitrogens with zero attached hydrogens (tertiary/aromatic N) is 2. The highest BCUT2D eigenvalue weighted by Crippen LogP contribution is 2.15. The Morgan fingerprint density at radius 2 is 1.58 bits per heavy atom. The smallest absolute Gasteiger partial charge is 0.359 e. The molecule has 0 aliphatic carbocycles. The number of esters is 1. The van der Waals surface area contributed by atoms with Gasteiger partial charge < -0.3 is 15.4 Å². The van der Waals surface area contributed by atoms with E-state index >= 15 is 0 Å². The molecule has 0 aliphatic rings. The summed E-state index contributed by atoms with van der Waals surface area (Å²) in [5, 5.41) is 10.1. The first-order valence-electron chi connectivity index (χ1n) is 9.73. The molecule has 0 atom stereocenters. The third-order valence-corrected chi connectivity index (χ3v) is 4.32. The highest BCUT2D eigenvalue weighted by molar-refractivity contribution is 6.03. The summed E-state index contributed by atoms with van der Waals surface area (Å²) in [6.45, 7) is 3.14. The van der Waals surface area contributed by atoms with Gasteiger partial charge in [-0.25, -0.2) is 9.48 Å². The molecule has 0 radical (unpaired) electrons. The van der Waals surface area contributed by atoms with E-state index in [0.29, 0.717) is 35.1 Å². The van der Waals surface area contributed by atoms with Crippen LogP contribution in [0, 0.1) is 0 Å². The average Bonchev–Trinajstić information content (AvgIpc) is 2.75. The third-order valence-electron chi connectivity index (χ3n) is 4.32. The molecule has 0 spiro atoms. The van der Waals surface area contributed by atoms with E-state index < -0.39 is 18.5 Å². The van der Waals surface area contributed by atoms with Crippen LogP contribution in [0.15, 0.2) is 53.3 Å². The highest BCUT2D eigenvalue weighted by Gasteiger charge is 2.19. The van der Waals surface area contributed by atoms with Crippen molar-refractivity contribution in [2.45, 2.75) is 26.8 Å². The summed E-state index contributed by atoms with van der Waals surface area (Å²) < 4.78 is 6.37. The van der Waals surface area contributed by atoms with E-state index in [4.69, 9.17) is 4.74 Å². The van der Waals surface area contributed by atoms with E-state index in [1.54, 1.807) is 48.5 Å². The SMILES string of the molecule is CCCn1nc(C(=O)OCC(=O)Nc2ccc(NC(C)=O)cc2)c2ccccc2c1=O. The molecule has 1 aromatic heterocycles. The second-order valence-electron chi connectivity index (χ2n) is 6.81. The molecule has 0 saturated heterocycles. The summed E-state index contributed by atoms with van der Waals surface area (Å²) in [5.74, 6) is -1.53. The van der Waals surface area contributed by atoms with Gasteiger partial charge in [0, 0.05) is 30.2 Å². The number of hydrogen-bond donors (Lipinski definition) is 2. The van der Waals surface area contributed by atoms with E-state index in [2.05, 4.69) is 15.7 Å².